The number of aromatic nitrogens is 2. The van der Waals surface area contributed by atoms with Crippen molar-refractivity contribution in [2.24, 2.45) is 5.73 Å². The van der Waals surface area contributed by atoms with Gasteiger partial charge in [0.1, 0.15) is 0 Å². The first-order valence-electron chi connectivity index (χ1n) is 6.55. The second-order valence-corrected chi connectivity index (χ2v) is 4.74. The van der Waals surface area contributed by atoms with Crippen molar-refractivity contribution in [3.8, 4) is 0 Å². The van der Waals surface area contributed by atoms with E-state index in [0.717, 1.165) is 11.4 Å². The number of nitrogens with two attached hydrogens (primary N) is 1. The van der Waals surface area contributed by atoms with Crippen LogP contribution in [0.1, 0.15) is 32.2 Å². The van der Waals surface area contributed by atoms with Crippen molar-refractivity contribution in [3.05, 3.63) is 17.5 Å². The summed E-state index contributed by atoms with van der Waals surface area (Å²) in [7, 11) is 0. The van der Waals surface area contributed by atoms with E-state index in [4.69, 9.17) is 5.73 Å². The lowest BCUT2D eigenvalue weighted by molar-refractivity contribution is -0.120. The number of aryl methyl sites for hydroxylation is 1. The summed E-state index contributed by atoms with van der Waals surface area (Å²) in [5, 5.41) is 2.86. The van der Waals surface area contributed by atoms with Crippen LogP contribution in [0.2, 0.25) is 0 Å². The van der Waals surface area contributed by atoms with Crippen LogP contribution >= 0.6 is 0 Å². The number of carbonyl (C=O) groups excluding carboxylic acids is 1. The average Bonchev–Trinajstić information content (AvgIpc) is 2.34. The normalized spacial score (nSPS) is 10.6. The van der Waals surface area contributed by atoms with Gasteiger partial charge in [-0.1, -0.05) is 0 Å². The fourth-order valence-corrected chi connectivity index (χ4v) is 1.73. The van der Waals surface area contributed by atoms with Crippen molar-refractivity contribution in [1.29, 1.82) is 0 Å². The minimum absolute atomic E-state index is 0.0312. The van der Waals surface area contributed by atoms with Crippen molar-refractivity contribution < 1.29 is 4.79 Å². The second kappa shape index (κ2) is 7.04. The largest absolute Gasteiger partial charge is 0.352 e. The molecule has 0 aromatic carbocycles. The Morgan fingerprint density at radius 2 is 2.16 bits per heavy atom. The highest BCUT2D eigenvalue weighted by atomic mass is 16.2. The minimum atomic E-state index is -0.0312. The lowest BCUT2D eigenvalue weighted by Gasteiger charge is -2.21. The Morgan fingerprint density at radius 3 is 2.68 bits per heavy atom. The molecule has 0 unspecified atom stereocenters. The van der Waals surface area contributed by atoms with Crippen LogP contribution in [0.15, 0.2) is 6.07 Å². The van der Waals surface area contributed by atoms with Crippen LogP contribution in [-0.2, 0) is 11.3 Å². The van der Waals surface area contributed by atoms with Gasteiger partial charge in [0.05, 0.1) is 12.2 Å². The number of anilines is 1. The summed E-state index contributed by atoms with van der Waals surface area (Å²) in [6.45, 7) is 9.02. The van der Waals surface area contributed by atoms with E-state index in [1.807, 2.05) is 38.7 Å². The number of rotatable bonds is 6. The number of amides is 1. The Kier molecular flexibility index (Phi) is 5.69. The molecule has 0 atom stereocenters. The molecule has 0 radical (unpaired) electrons. The minimum Gasteiger partial charge on any atom is -0.352 e. The van der Waals surface area contributed by atoms with E-state index < -0.39 is 0 Å². The van der Waals surface area contributed by atoms with E-state index in [0.29, 0.717) is 19.0 Å². The van der Waals surface area contributed by atoms with Gasteiger partial charge in [0.2, 0.25) is 11.9 Å². The fourth-order valence-electron chi connectivity index (χ4n) is 1.73. The second-order valence-electron chi connectivity index (χ2n) is 4.74. The molecule has 0 aliphatic carbocycles. The van der Waals surface area contributed by atoms with Gasteiger partial charge in [-0.15, -0.1) is 0 Å². The SMILES string of the molecule is CCN(CC(=O)NC(C)C)c1nc(C)cc(CN)n1. The van der Waals surface area contributed by atoms with Gasteiger partial charge in [-0.3, -0.25) is 4.79 Å². The molecule has 0 saturated heterocycles. The van der Waals surface area contributed by atoms with Gasteiger partial charge in [0, 0.05) is 24.8 Å². The highest BCUT2D eigenvalue weighted by molar-refractivity contribution is 5.80. The number of carbonyl (C=O) groups is 1. The molecule has 6 heteroatoms. The monoisotopic (exact) mass is 265 g/mol. The van der Waals surface area contributed by atoms with Crippen molar-refractivity contribution in [2.75, 3.05) is 18.0 Å². The highest BCUT2D eigenvalue weighted by Crippen LogP contribution is 2.09. The first-order chi connectivity index (χ1) is 8.96. The summed E-state index contributed by atoms with van der Waals surface area (Å²) < 4.78 is 0. The molecule has 106 valence electrons. The van der Waals surface area contributed by atoms with Crippen LogP contribution in [-0.4, -0.2) is 35.0 Å². The molecule has 0 aliphatic heterocycles. The highest BCUT2D eigenvalue weighted by Gasteiger charge is 2.14. The lowest BCUT2D eigenvalue weighted by Crippen LogP contribution is -2.40. The van der Waals surface area contributed by atoms with Crippen molar-refractivity contribution >= 4 is 11.9 Å². The number of hydrogen-bond donors (Lipinski definition) is 2. The van der Waals surface area contributed by atoms with E-state index in [-0.39, 0.29) is 18.5 Å². The first kappa shape index (κ1) is 15.4. The van der Waals surface area contributed by atoms with Crippen molar-refractivity contribution in [2.45, 2.75) is 40.3 Å². The fraction of sp³-hybridized carbons (Fsp3) is 0.615. The van der Waals surface area contributed by atoms with Crippen molar-refractivity contribution in [1.82, 2.24) is 15.3 Å². The maximum Gasteiger partial charge on any atom is 0.239 e. The Morgan fingerprint density at radius 1 is 1.47 bits per heavy atom. The molecule has 6 nitrogen and oxygen atoms in total. The molecule has 19 heavy (non-hydrogen) atoms. The molecule has 0 fully saturated rings. The van der Waals surface area contributed by atoms with Gasteiger partial charge in [-0.2, -0.15) is 0 Å². The van der Waals surface area contributed by atoms with Gasteiger partial charge in [-0.05, 0) is 33.8 Å². The van der Waals surface area contributed by atoms with E-state index in [2.05, 4.69) is 15.3 Å². The molecule has 0 spiro atoms. The van der Waals surface area contributed by atoms with Crippen LogP contribution in [0.3, 0.4) is 0 Å². The zero-order chi connectivity index (χ0) is 14.4. The average molecular weight is 265 g/mol. The van der Waals surface area contributed by atoms with Gasteiger partial charge >= 0.3 is 0 Å². The Labute approximate surface area is 114 Å². The summed E-state index contributed by atoms with van der Waals surface area (Å²) in [4.78, 5) is 22.4. The molecular formula is C13H23N5O. The van der Waals surface area contributed by atoms with E-state index >= 15 is 0 Å². The molecule has 1 aromatic rings. The summed E-state index contributed by atoms with van der Waals surface area (Å²) >= 11 is 0. The molecule has 0 aliphatic rings. The van der Waals surface area contributed by atoms with Crippen LogP contribution in [0, 0.1) is 6.92 Å². The third-order valence-electron chi connectivity index (χ3n) is 2.55. The zero-order valence-corrected chi connectivity index (χ0v) is 12.1. The van der Waals surface area contributed by atoms with E-state index in [1.54, 1.807) is 0 Å². The zero-order valence-electron chi connectivity index (χ0n) is 12.1. The molecule has 0 saturated carbocycles. The smallest absolute Gasteiger partial charge is 0.239 e. The predicted molar refractivity (Wildman–Crippen MR) is 75.8 cm³/mol. The van der Waals surface area contributed by atoms with E-state index in [9.17, 15) is 4.79 Å². The molecule has 1 aromatic heterocycles. The Bertz CT molecular complexity index is 433. The molecule has 1 rings (SSSR count). The summed E-state index contributed by atoms with van der Waals surface area (Å²) in [5.74, 6) is 0.526. The summed E-state index contributed by atoms with van der Waals surface area (Å²) in [5.41, 5.74) is 7.25. The topological polar surface area (TPSA) is 84.1 Å². The number of hydrogen-bond acceptors (Lipinski definition) is 5. The van der Waals surface area contributed by atoms with Gasteiger partial charge in [0.25, 0.3) is 0 Å². The van der Waals surface area contributed by atoms with Crippen LogP contribution in [0.4, 0.5) is 5.95 Å². The number of nitrogens with zero attached hydrogens (tertiary/aromatic N) is 3. The molecule has 1 amide bonds. The van der Waals surface area contributed by atoms with Crippen LogP contribution in [0.25, 0.3) is 0 Å². The Balaban J connectivity index is 2.84. The number of nitrogens with one attached hydrogen (secondary N) is 1. The maximum absolute atomic E-state index is 11.8. The van der Waals surface area contributed by atoms with Gasteiger partial charge in [0.15, 0.2) is 0 Å². The maximum atomic E-state index is 11.8. The summed E-state index contributed by atoms with van der Waals surface area (Å²) in [6.07, 6.45) is 0. The third kappa shape index (κ3) is 4.82. The molecule has 3 N–H and O–H groups in total. The molecular weight excluding hydrogens is 242 g/mol. The number of likely N-dealkylation sites (N-methyl/N-ethyl adjacent to an activating group) is 1. The summed E-state index contributed by atoms with van der Waals surface area (Å²) in [6, 6.07) is 1.98. The van der Waals surface area contributed by atoms with Crippen molar-refractivity contribution in [3.63, 3.8) is 0 Å². The molecule has 0 bridgehead atoms. The van der Waals surface area contributed by atoms with Gasteiger partial charge < -0.3 is 16.0 Å². The Hall–Kier alpha value is -1.69. The predicted octanol–water partition coefficient (Wildman–Crippen LogP) is 0.595. The lowest BCUT2D eigenvalue weighted by atomic mass is 10.3. The van der Waals surface area contributed by atoms with Gasteiger partial charge in [-0.25, -0.2) is 9.97 Å². The van der Waals surface area contributed by atoms with Crippen LogP contribution < -0.4 is 16.0 Å². The third-order valence-corrected chi connectivity index (χ3v) is 2.55. The standard InChI is InChI=1S/C13H23N5O/c1-5-18(8-12(19)15-9(2)3)13-16-10(4)6-11(7-14)17-13/h6,9H,5,7-8,14H2,1-4H3,(H,15,19). The van der Waals surface area contributed by atoms with E-state index in [1.165, 1.54) is 0 Å². The first-order valence-corrected chi connectivity index (χ1v) is 6.55. The van der Waals surface area contributed by atoms with Crippen LogP contribution in [0.5, 0.6) is 0 Å². The molecule has 1 heterocycles. The quantitative estimate of drug-likeness (QED) is 0.786.